The topological polar surface area (TPSA) is 72.6 Å². The van der Waals surface area contributed by atoms with Gasteiger partial charge in [-0.05, 0) is 24.6 Å². The van der Waals surface area contributed by atoms with Crippen LogP contribution in [0.25, 0.3) is 0 Å². The fourth-order valence-corrected chi connectivity index (χ4v) is 1.63. The SMILES string of the molecule is Cc1c(N)ccc2c1CC(C(=O)O)O2. The first-order chi connectivity index (χ1) is 6.59. The molecule has 0 aliphatic carbocycles. The molecule has 1 heterocycles. The van der Waals surface area contributed by atoms with Gasteiger partial charge in [0.05, 0.1) is 0 Å². The molecule has 1 aromatic rings. The quantitative estimate of drug-likeness (QED) is 0.652. The van der Waals surface area contributed by atoms with E-state index in [2.05, 4.69) is 0 Å². The third kappa shape index (κ3) is 1.19. The number of carbonyl (C=O) groups is 1. The summed E-state index contributed by atoms with van der Waals surface area (Å²) < 4.78 is 5.25. The van der Waals surface area contributed by atoms with Crippen LogP contribution in [0.3, 0.4) is 0 Å². The lowest BCUT2D eigenvalue weighted by molar-refractivity contribution is -0.144. The van der Waals surface area contributed by atoms with Gasteiger partial charge in [0, 0.05) is 17.7 Å². The van der Waals surface area contributed by atoms with Gasteiger partial charge < -0.3 is 15.6 Å². The second kappa shape index (κ2) is 2.90. The summed E-state index contributed by atoms with van der Waals surface area (Å²) in [4.78, 5) is 10.7. The number of nitrogens with two attached hydrogens (primary N) is 1. The highest BCUT2D eigenvalue weighted by Gasteiger charge is 2.30. The fourth-order valence-electron chi connectivity index (χ4n) is 1.63. The Labute approximate surface area is 81.3 Å². The largest absolute Gasteiger partial charge is 0.478 e. The minimum atomic E-state index is -0.931. The van der Waals surface area contributed by atoms with Gasteiger partial charge in [-0.15, -0.1) is 0 Å². The van der Waals surface area contributed by atoms with Crippen LogP contribution in [-0.4, -0.2) is 17.2 Å². The number of hydrogen-bond donors (Lipinski definition) is 2. The van der Waals surface area contributed by atoms with Crippen LogP contribution < -0.4 is 10.5 Å². The van der Waals surface area contributed by atoms with Crippen molar-refractivity contribution in [1.29, 1.82) is 0 Å². The average Bonchev–Trinajstić information content (AvgIpc) is 2.56. The zero-order valence-corrected chi connectivity index (χ0v) is 7.78. The molecule has 1 unspecified atom stereocenters. The number of benzene rings is 1. The summed E-state index contributed by atoms with van der Waals surface area (Å²) in [7, 11) is 0. The standard InChI is InChI=1S/C10H11NO3/c1-5-6-4-9(10(12)13)14-8(6)3-2-7(5)11/h2-3,9H,4,11H2,1H3,(H,12,13). The van der Waals surface area contributed by atoms with E-state index < -0.39 is 12.1 Å². The Bertz CT molecular complexity index is 401. The first-order valence-electron chi connectivity index (χ1n) is 4.37. The summed E-state index contributed by atoms with van der Waals surface area (Å²) in [5.41, 5.74) is 8.23. The molecule has 2 rings (SSSR count). The van der Waals surface area contributed by atoms with Crippen LogP contribution in [0, 0.1) is 6.92 Å². The molecule has 1 aromatic carbocycles. The van der Waals surface area contributed by atoms with E-state index in [1.165, 1.54) is 0 Å². The van der Waals surface area contributed by atoms with Crippen LogP contribution >= 0.6 is 0 Å². The number of anilines is 1. The van der Waals surface area contributed by atoms with Crippen molar-refractivity contribution in [3.63, 3.8) is 0 Å². The van der Waals surface area contributed by atoms with Crippen LogP contribution in [0.15, 0.2) is 12.1 Å². The van der Waals surface area contributed by atoms with Gasteiger partial charge in [0.25, 0.3) is 0 Å². The summed E-state index contributed by atoms with van der Waals surface area (Å²) >= 11 is 0. The first-order valence-corrected chi connectivity index (χ1v) is 4.37. The molecule has 0 aromatic heterocycles. The summed E-state index contributed by atoms with van der Waals surface area (Å²) in [5.74, 6) is -0.289. The molecule has 0 fully saturated rings. The normalized spacial score (nSPS) is 18.8. The van der Waals surface area contributed by atoms with E-state index in [4.69, 9.17) is 15.6 Å². The van der Waals surface area contributed by atoms with Crippen LogP contribution in [0.1, 0.15) is 11.1 Å². The molecule has 1 aliphatic heterocycles. The van der Waals surface area contributed by atoms with Gasteiger partial charge >= 0.3 is 5.97 Å². The Morgan fingerprint density at radius 2 is 2.36 bits per heavy atom. The van der Waals surface area contributed by atoms with Crippen LogP contribution in [0.5, 0.6) is 5.75 Å². The number of hydrogen-bond acceptors (Lipinski definition) is 3. The Morgan fingerprint density at radius 3 is 3.00 bits per heavy atom. The minimum Gasteiger partial charge on any atom is -0.478 e. The lowest BCUT2D eigenvalue weighted by atomic mass is 10.0. The van der Waals surface area contributed by atoms with Crippen LogP contribution in [-0.2, 0) is 11.2 Å². The van der Waals surface area contributed by atoms with E-state index in [1.807, 2.05) is 6.92 Å². The maximum Gasteiger partial charge on any atom is 0.345 e. The third-order valence-electron chi connectivity index (χ3n) is 2.53. The van der Waals surface area contributed by atoms with Crippen molar-refractivity contribution >= 4 is 11.7 Å². The number of rotatable bonds is 1. The Morgan fingerprint density at radius 1 is 1.64 bits per heavy atom. The molecule has 0 radical (unpaired) electrons. The highest BCUT2D eigenvalue weighted by molar-refractivity contribution is 5.75. The van der Waals surface area contributed by atoms with Crippen LogP contribution in [0.4, 0.5) is 5.69 Å². The van der Waals surface area contributed by atoms with Gasteiger partial charge in [-0.1, -0.05) is 0 Å². The molecule has 3 N–H and O–H groups in total. The predicted molar refractivity (Wildman–Crippen MR) is 51.3 cm³/mol. The monoisotopic (exact) mass is 193 g/mol. The van der Waals surface area contributed by atoms with Gasteiger partial charge in [-0.3, -0.25) is 0 Å². The molecule has 14 heavy (non-hydrogen) atoms. The number of carboxylic acids is 1. The van der Waals surface area contributed by atoms with Crippen molar-refractivity contribution in [2.45, 2.75) is 19.4 Å². The molecule has 0 saturated carbocycles. The van der Waals surface area contributed by atoms with Crippen molar-refractivity contribution in [1.82, 2.24) is 0 Å². The molecule has 0 saturated heterocycles. The van der Waals surface area contributed by atoms with E-state index in [-0.39, 0.29) is 0 Å². The summed E-state index contributed by atoms with van der Waals surface area (Å²) in [6.45, 7) is 1.88. The lowest BCUT2D eigenvalue weighted by Gasteiger charge is -2.04. The summed E-state index contributed by atoms with van der Waals surface area (Å²) in [5, 5.41) is 8.79. The number of fused-ring (bicyclic) bond motifs is 1. The van der Waals surface area contributed by atoms with E-state index in [0.717, 1.165) is 11.1 Å². The molecule has 1 atom stereocenters. The summed E-state index contributed by atoms with van der Waals surface area (Å²) in [6, 6.07) is 3.46. The van der Waals surface area contributed by atoms with E-state index in [9.17, 15) is 4.79 Å². The number of aliphatic carboxylic acids is 1. The third-order valence-corrected chi connectivity index (χ3v) is 2.53. The van der Waals surface area contributed by atoms with Crippen molar-refractivity contribution in [3.8, 4) is 5.75 Å². The van der Waals surface area contributed by atoms with Crippen LogP contribution in [0.2, 0.25) is 0 Å². The molecule has 4 heteroatoms. The maximum absolute atomic E-state index is 10.7. The fraction of sp³-hybridized carbons (Fsp3) is 0.300. The molecule has 0 spiro atoms. The second-order valence-corrected chi connectivity index (χ2v) is 3.41. The first kappa shape index (κ1) is 8.87. The molecular formula is C10H11NO3. The van der Waals surface area contributed by atoms with E-state index in [0.29, 0.717) is 17.9 Å². The smallest absolute Gasteiger partial charge is 0.345 e. The minimum absolute atomic E-state index is 0.404. The number of ether oxygens (including phenoxy) is 1. The maximum atomic E-state index is 10.7. The molecule has 74 valence electrons. The highest BCUT2D eigenvalue weighted by atomic mass is 16.5. The van der Waals surface area contributed by atoms with Gasteiger partial charge in [0.2, 0.25) is 0 Å². The van der Waals surface area contributed by atoms with E-state index in [1.54, 1.807) is 12.1 Å². The van der Waals surface area contributed by atoms with Crippen molar-refractivity contribution < 1.29 is 14.6 Å². The Balaban J connectivity index is 2.40. The van der Waals surface area contributed by atoms with Gasteiger partial charge in [-0.25, -0.2) is 4.79 Å². The molecule has 4 nitrogen and oxygen atoms in total. The molecule has 0 bridgehead atoms. The zero-order valence-electron chi connectivity index (χ0n) is 7.78. The molecule has 1 aliphatic rings. The van der Waals surface area contributed by atoms with Crippen molar-refractivity contribution in [2.24, 2.45) is 0 Å². The Hall–Kier alpha value is -1.71. The van der Waals surface area contributed by atoms with E-state index >= 15 is 0 Å². The lowest BCUT2D eigenvalue weighted by Crippen LogP contribution is -2.24. The second-order valence-electron chi connectivity index (χ2n) is 3.41. The molecule has 0 amide bonds. The van der Waals surface area contributed by atoms with Gasteiger partial charge in [0.15, 0.2) is 6.10 Å². The Kier molecular flexibility index (Phi) is 1.84. The molecular weight excluding hydrogens is 182 g/mol. The van der Waals surface area contributed by atoms with Gasteiger partial charge in [0.1, 0.15) is 5.75 Å². The zero-order chi connectivity index (χ0) is 10.3. The average molecular weight is 193 g/mol. The van der Waals surface area contributed by atoms with Crippen molar-refractivity contribution in [2.75, 3.05) is 5.73 Å². The van der Waals surface area contributed by atoms with Crippen molar-refractivity contribution in [3.05, 3.63) is 23.3 Å². The summed E-state index contributed by atoms with van der Waals surface area (Å²) in [6.07, 6.45) is -0.354. The predicted octanol–water partition coefficient (Wildman–Crippen LogP) is 0.965. The number of carboxylic acid groups (broad SMARTS) is 1. The highest BCUT2D eigenvalue weighted by Crippen LogP contribution is 2.33. The van der Waals surface area contributed by atoms with Gasteiger partial charge in [-0.2, -0.15) is 0 Å². The number of nitrogen functional groups attached to an aromatic ring is 1.